The van der Waals surface area contributed by atoms with Crippen LogP contribution in [0.15, 0.2) is 42.5 Å². The molecule has 0 aliphatic rings. The Balaban J connectivity index is 2.15. The third kappa shape index (κ3) is 5.85. The van der Waals surface area contributed by atoms with Gasteiger partial charge < -0.3 is 20.5 Å². The van der Waals surface area contributed by atoms with E-state index in [1.165, 1.54) is 6.07 Å². The van der Waals surface area contributed by atoms with E-state index < -0.39 is 18.5 Å². The van der Waals surface area contributed by atoms with Crippen LogP contribution in [0.4, 0.5) is 5.69 Å². The van der Waals surface area contributed by atoms with Gasteiger partial charge in [0, 0.05) is 22.9 Å². The smallest absolute Gasteiger partial charge is 0.341 e. The highest BCUT2D eigenvalue weighted by Gasteiger charge is 2.13. The fourth-order valence-corrected chi connectivity index (χ4v) is 2.36. The van der Waals surface area contributed by atoms with Crippen molar-refractivity contribution < 1.29 is 24.2 Å². The number of hydrogen-bond donors (Lipinski definition) is 3. The Bertz CT molecular complexity index is 861. The van der Waals surface area contributed by atoms with Crippen LogP contribution < -0.4 is 15.4 Å². The van der Waals surface area contributed by atoms with Gasteiger partial charge in [0.05, 0.1) is 0 Å². The molecule has 142 valence electrons. The van der Waals surface area contributed by atoms with Crippen LogP contribution in [0.1, 0.15) is 40.1 Å². The van der Waals surface area contributed by atoms with Crippen LogP contribution in [0.25, 0.3) is 0 Å². The van der Waals surface area contributed by atoms with Crippen molar-refractivity contribution in [3.8, 4) is 5.75 Å². The minimum atomic E-state index is -1.10. The lowest BCUT2D eigenvalue weighted by molar-refractivity contribution is -0.139. The number of aryl methyl sites for hydroxylation is 1. The predicted molar refractivity (Wildman–Crippen MR) is 101 cm³/mol. The van der Waals surface area contributed by atoms with E-state index in [0.717, 1.165) is 5.56 Å². The summed E-state index contributed by atoms with van der Waals surface area (Å²) in [5.41, 5.74) is 2.08. The van der Waals surface area contributed by atoms with Crippen LogP contribution in [-0.4, -0.2) is 35.5 Å². The minimum absolute atomic E-state index is 0.00342. The van der Waals surface area contributed by atoms with E-state index in [1.54, 1.807) is 36.4 Å². The van der Waals surface area contributed by atoms with Gasteiger partial charge in [-0.15, -0.1) is 0 Å². The predicted octanol–water partition coefficient (Wildman–Crippen LogP) is 2.85. The molecule has 0 unspecified atom stereocenters. The summed E-state index contributed by atoms with van der Waals surface area (Å²) in [6, 6.07) is 11.3. The Morgan fingerprint density at radius 2 is 1.81 bits per heavy atom. The largest absolute Gasteiger partial charge is 0.482 e. The fourth-order valence-electron chi connectivity index (χ4n) is 2.36. The number of anilines is 1. The minimum Gasteiger partial charge on any atom is -0.482 e. The molecule has 0 heterocycles. The number of hydrogen-bond acceptors (Lipinski definition) is 4. The topological polar surface area (TPSA) is 105 Å². The van der Waals surface area contributed by atoms with Gasteiger partial charge in [-0.3, -0.25) is 9.59 Å². The number of amides is 2. The highest BCUT2D eigenvalue weighted by atomic mass is 16.5. The molecule has 0 radical (unpaired) electrons. The van der Waals surface area contributed by atoms with Gasteiger partial charge in [0.25, 0.3) is 11.8 Å². The number of rotatable bonds is 7. The van der Waals surface area contributed by atoms with Crippen molar-refractivity contribution in [2.24, 2.45) is 0 Å². The van der Waals surface area contributed by atoms with Crippen LogP contribution in [-0.2, 0) is 4.79 Å². The molecule has 0 aliphatic carbocycles. The Morgan fingerprint density at radius 3 is 2.48 bits per heavy atom. The van der Waals surface area contributed by atoms with Gasteiger partial charge in [0.2, 0.25) is 0 Å². The summed E-state index contributed by atoms with van der Waals surface area (Å²) in [7, 11) is 0. The van der Waals surface area contributed by atoms with Crippen molar-refractivity contribution in [1.82, 2.24) is 5.32 Å². The van der Waals surface area contributed by atoms with E-state index in [9.17, 15) is 14.4 Å². The molecule has 2 aromatic rings. The lowest BCUT2D eigenvalue weighted by atomic mass is 10.1. The molecule has 0 saturated heterocycles. The van der Waals surface area contributed by atoms with Crippen molar-refractivity contribution in [3.63, 3.8) is 0 Å². The van der Waals surface area contributed by atoms with Gasteiger partial charge in [-0.25, -0.2) is 4.79 Å². The lowest BCUT2D eigenvalue weighted by Crippen LogP contribution is -2.30. The standard InChI is InChI=1S/C20H22N2O5/c1-12(2)21-20(26)17-10-15(8-7-13(17)3)22-19(25)14-5-4-6-16(9-14)27-11-18(23)24/h4-10,12H,11H2,1-3H3,(H,21,26)(H,22,25)(H,23,24). The maximum absolute atomic E-state index is 12.5. The van der Waals surface area contributed by atoms with Crippen LogP contribution >= 0.6 is 0 Å². The molecule has 0 bridgehead atoms. The second-order valence-corrected chi connectivity index (χ2v) is 6.32. The quantitative estimate of drug-likeness (QED) is 0.695. The zero-order valence-corrected chi connectivity index (χ0v) is 15.4. The zero-order chi connectivity index (χ0) is 20.0. The summed E-state index contributed by atoms with van der Waals surface area (Å²) < 4.78 is 5.08. The average molecular weight is 370 g/mol. The van der Waals surface area contributed by atoms with E-state index in [0.29, 0.717) is 16.8 Å². The molecule has 2 amide bonds. The summed E-state index contributed by atoms with van der Waals surface area (Å²) in [5.74, 6) is -1.42. The van der Waals surface area contributed by atoms with E-state index >= 15 is 0 Å². The van der Waals surface area contributed by atoms with Gasteiger partial charge in [-0.2, -0.15) is 0 Å². The fraction of sp³-hybridized carbons (Fsp3) is 0.250. The second kappa shape index (κ2) is 8.84. The summed E-state index contributed by atoms with van der Waals surface area (Å²) in [4.78, 5) is 35.3. The molecule has 0 fully saturated rings. The van der Waals surface area contributed by atoms with Crippen molar-refractivity contribution in [1.29, 1.82) is 0 Å². The number of aliphatic carboxylic acids is 1. The molecule has 0 saturated carbocycles. The first-order valence-electron chi connectivity index (χ1n) is 8.44. The molecule has 2 aromatic carbocycles. The Morgan fingerprint density at radius 1 is 1.07 bits per heavy atom. The van der Waals surface area contributed by atoms with E-state index in [2.05, 4.69) is 10.6 Å². The molecule has 7 nitrogen and oxygen atoms in total. The van der Waals surface area contributed by atoms with Crippen LogP contribution in [0, 0.1) is 6.92 Å². The van der Waals surface area contributed by atoms with Crippen molar-refractivity contribution in [2.75, 3.05) is 11.9 Å². The monoisotopic (exact) mass is 370 g/mol. The molecule has 0 aromatic heterocycles. The first kappa shape index (κ1) is 20.0. The first-order valence-corrected chi connectivity index (χ1v) is 8.44. The number of ether oxygens (including phenoxy) is 1. The Kier molecular flexibility index (Phi) is 6.54. The van der Waals surface area contributed by atoms with Gasteiger partial charge in [-0.1, -0.05) is 12.1 Å². The molecular formula is C20H22N2O5. The summed E-state index contributed by atoms with van der Waals surface area (Å²) in [6.07, 6.45) is 0. The Hall–Kier alpha value is -3.35. The number of carbonyl (C=O) groups excluding carboxylic acids is 2. The normalized spacial score (nSPS) is 10.4. The highest BCUT2D eigenvalue weighted by Crippen LogP contribution is 2.18. The summed E-state index contributed by atoms with van der Waals surface area (Å²) in [5, 5.41) is 14.2. The molecule has 7 heteroatoms. The average Bonchev–Trinajstić information content (AvgIpc) is 2.61. The van der Waals surface area contributed by atoms with E-state index in [1.807, 2.05) is 20.8 Å². The number of carboxylic acids is 1. The van der Waals surface area contributed by atoms with Crippen LogP contribution in [0.3, 0.4) is 0 Å². The van der Waals surface area contributed by atoms with E-state index in [4.69, 9.17) is 9.84 Å². The second-order valence-electron chi connectivity index (χ2n) is 6.32. The molecule has 27 heavy (non-hydrogen) atoms. The molecule has 0 spiro atoms. The highest BCUT2D eigenvalue weighted by molar-refractivity contribution is 6.05. The summed E-state index contributed by atoms with van der Waals surface area (Å²) in [6.45, 7) is 5.08. The number of carbonyl (C=O) groups is 3. The maximum atomic E-state index is 12.5. The van der Waals surface area contributed by atoms with Crippen molar-refractivity contribution in [3.05, 3.63) is 59.2 Å². The number of benzene rings is 2. The van der Waals surface area contributed by atoms with Crippen LogP contribution in [0.5, 0.6) is 5.75 Å². The maximum Gasteiger partial charge on any atom is 0.341 e. The van der Waals surface area contributed by atoms with Crippen LogP contribution in [0.2, 0.25) is 0 Å². The third-order valence-electron chi connectivity index (χ3n) is 3.62. The molecule has 2 rings (SSSR count). The molecular weight excluding hydrogens is 348 g/mol. The van der Waals surface area contributed by atoms with Crippen molar-refractivity contribution in [2.45, 2.75) is 26.8 Å². The zero-order valence-electron chi connectivity index (χ0n) is 15.4. The summed E-state index contributed by atoms with van der Waals surface area (Å²) >= 11 is 0. The molecule has 0 atom stereocenters. The number of nitrogens with one attached hydrogen (secondary N) is 2. The first-order chi connectivity index (χ1) is 12.8. The van der Waals surface area contributed by atoms with Gasteiger partial charge in [0.15, 0.2) is 6.61 Å². The van der Waals surface area contributed by atoms with Gasteiger partial charge in [0.1, 0.15) is 5.75 Å². The molecule has 3 N–H and O–H groups in total. The Labute approximate surface area is 157 Å². The van der Waals surface area contributed by atoms with Crippen molar-refractivity contribution >= 4 is 23.5 Å². The molecule has 0 aliphatic heterocycles. The van der Waals surface area contributed by atoms with Gasteiger partial charge >= 0.3 is 5.97 Å². The van der Waals surface area contributed by atoms with E-state index in [-0.39, 0.29) is 17.7 Å². The van der Waals surface area contributed by atoms with Gasteiger partial charge in [-0.05, 0) is 56.7 Å². The third-order valence-corrected chi connectivity index (χ3v) is 3.62. The number of carboxylic acid groups (broad SMARTS) is 1. The lowest BCUT2D eigenvalue weighted by Gasteiger charge is -2.13. The SMILES string of the molecule is Cc1ccc(NC(=O)c2cccc(OCC(=O)O)c2)cc1C(=O)NC(C)C.